The molecule has 0 fully saturated rings. The minimum Gasteiger partial charge on any atom is -0.390 e. The van der Waals surface area contributed by atoms with E-state index >= 15 is 0 Å². The van der Waals surface area contributed by atoms with Gasteiger partial charge in [-0.05, 0) is 11.8 Å². The standard InChI is InChI=1S/C9H20O2/c1-5-7(4)9(11)8(10)6(2)3/h6-11H,5H2,1-4H3. The van der Waals surface area contributed by atoms with Crippen LogP contribution < -0.4 is 0 Å². The number of hydrogen-bond donors (Lipinski definition) is 2. The van der Waals surface area contributed by atoms with Gasteiger partial charge in [-0.2, -0.15) is 0 Å². The van der Waals surface area contributed by atoms with Crippen LogP contribution in [0, 0.1) is 11.8 Å². The molecule has 0 aromatic heterocycles. The Morgan fingerprint density at radius 2 is 1.45 bits per heavy atom. The van der Waals surface area contributed by atoms with E-state index in [1.54, 1.807) is 0 Å². The molecule has 0 rings (SSSR count). The van der Waals surface area contributed by atoms with Crippen LogP contribution in [0.1, 0.15) is 34.1 Å². The normalized spacial score (nSPS) is 19.9. The van der Waals surface area contributed by atoms with Crippen LogP contribution in [0.3, 0.4) is 0 Å². The molecule has 0 saturated carbocycles. The zero-order valence-electron chi connectivity index (χ0n) is 7.91. The molecule has 0 heterocycles. The minimum atomic E-state index is -0.579. The van der Waals surface area contributed by atoms with Crippen LogP contribution in [0.5, 0.6) is 0 Å². The van der Waals surface area contributed by atoms with E-state index in [2.05, 4.69) is 0 Å². The van der Waals surface area contributed by atoms with E-state index in [1.807, 2.05) is 27.7 Å². The van der Waals surface area contributed by atoms with E-state index in [4.69, 9.17) is 0 Å². The van der Waals surface area contributed by atoms with Crippen molar-refractivity contribution in [3.63, 3.8) is 0 Å². The summed E-state index contributed by atoms with van der Waals surface area (Å²) in [6.07, 6.45) is -0.241. The second kappa shape index (κ2) is 4.73. The molecule has 2 nitrogen and oxygen atoms in total. The van der Waals surface area contributed by atoms with E-state index in [-0.39, 0.29) is 11.8 Å². The fourth-order valence-electron chi connectivity index (χ4n) is 0.972. The van der Waals surface area contributed by atoms with Crippen molar-refractivity contribution in [2.24, 2.45) is 11.8 Å². The van der Waals surface area contributed by atoms with Crippen molar-refractivity contribution in [2.45, 2.75) is 46.3 Å². The first-order valence-electron chi connectivity index (χ1n) is 4.36. The van der Waals surface area contributed by atoms with Gasteiger partial charge in [-0.3, -0.25) is 0 Å². The second-order valence-electron chi connectivity index (χ2n) is 3.61. The van der Waals surface area contributed by atoms with Crippen LogP contribution in [-0.2, 0) is 0 Å². The summed E-state index contributed by atoms with van der Waals surface area (Å²) in [6.45, 7) is 7.80. The first-order chi connectivity index (χ1) is 5.00. The molecule has 11 heavy (non-hydrogen) atoms. The summed E-state index contributed by atoms with van der Waals surface area (Å²) in [7, 11) is 0. The lowest BCUT2D eigenvalue weighted by molar-refractivity contribution is -0.0367. The molecule has 0 spiro atoms. The molecule has 0 aliphatic carbocycles. The highest BCUT2D eigenvalue weighted by molar-refractivity contribution is 4.74. The van der Waals surface area contributed by atoms with Crippen molar-refractivity contribution < 1.29 is 10.2 Å². The molecule has 2 N–H and O–H groups in total. The molecule has 0 radical (unpaired) electrons. The van der Waals surface area contributed by atoms with Gasteiger partial charge in [-0.25, -0.2) is 0 Å². The highest BCUT2D eigenvalue weighted by Gasteiger charge is 2.23. The Balaban J connectivity index is 3.90. The molecular weight excluding hydrogens is 140 g/mol. The van der Waals surface area contributed by atoms with Crippen molar-refractivity contribution in [1.82, 2.24) is 0 Å². The SMILES string of the molecule is CCC(C)C(O)C(O)C(C)C. The van der Waals surface area contributed by atoms with E-state index in [0.29, 0.717) is 0 Å². The van der Waals surface area contributed by atoms with Crippen LogP contribution in [0.2, 0.25) is 0 Å². The van der Waals surface area contributed by atoms with Crippen LogP contribution in [-0.4, -0.2) is 22.4 Å². The third kappa shape index (κ3) is 3.21. The van der Waals surface area contributed by atoms with Gasteiger partial charge in [0.2, 0.25) is 0 Å². The van der Waals surface area contributed by atoms with Crippen molar-refractivity contribution in [3.8, 4) is 0 Å². The average Bonchev–Trinajstić information content (AvgIpc) is 2.00. The monoisotopic (exact) mass is 160 g/mol. The molecule has 0 aliphatic rings. The fraction of sp³-hybridized carbons (Fsp3) is 1.00. The van der Waals surface area contributed by atoms with Gasteiger partial charge in [-0.1, -0.05) is 34.1 Å². The maximum atomic E-state index is 9.51. The van der Waals surface area contributed by atoms with Crippen LogP contribution in [0.15, 0.2) is 0 Å². The van der Waals surface area contributed by atoms with Crippen LogP contribution >= 0.6 is 0 Å². The van der Waals surface area contributed by atoms with Gasteiger partial charge in [0, 0.05) is 0 Å². The molecule has 68 valence electrons. The summed E-state index contributed by atoms with van der Waals surface area (Å²) in [5.74, 6) is 0.325. The zero-order valence-corrected chi connectivity index (χ0v) is 7.91. The molecule has 3 unspecified atom stereocenters. The van der Waals surface area contributed by atoms with Crippen molar-refractivity contribution in [2.75, 3.05) is 0 Å². The minimum absolute atomic E-state index is 0.138. The summed E-state index contributed by atoms with van der Waals surface area (Å²) in [5, 5.41) is 19.0. The summed E-state index contributed by atoms with van der Waals surface area (Å²) in [6, 6.07) is 0. The molecule has 0 aromatic rings. The molecule has 0 aliphatic heterocycles. The number of aliphatic hydroxyl groups excluding tert-OH is 2. The molecule has 2 heteroatoms. The third-order valence-corrected chi connectivity index (χ3v) is 2.26. The van der Waals surface area contributed by atoms with Gasteiger partial charge >= 0.3 is 0 Å². The van der Waals surface area contributed by atoms with Gasteiger partial charge in [0.1, 0.15) is 0 Å². The fourth-order valence-corrected chi connectivity index (χ4v) is 0.972. The highest BCUT2D eigenvalue weighted by Crippen LogP contribution is 2.16. The van der Waals surface area contributed by atoms with Gasteiger partial charge in [-0.15, -0.1) is 0 Å². The van der Waals surface area contributed by atoms with Gasteiger partial charge in [0.25, 0.3) is 0 Å². The summed E-state index contributed by atoms with van der Waals surface area (Å²) in [4.78, 5) is 0. The van der Waals surface area contributed by atoms with E-state index in [0.717, 1.165) is 6.42 Å². The number of hydrogen-bond acceptors (Lipinski definition) is 2. The lowest BCUT2D eigenvalue weighted by Crippen LogP contribution is -2.35. The lowest BCUT2D eigenvalue weighted by Gasteiger charge is -2.25. The van der Waals surface area contributed by atoms with Gasteiger partial charge in [0.15, 0.2) is 0 Å². The molecule has 0 aromatic carbocycles. The largest absolute Gasteiger partial charge is 0.390 e. The Hall–Kier alpha value is -0.0800. The molecule has 0 saturated heterocycles. The third-order valence-electron chi connectivity index (χ3n) is 2.26. The first kappa shape index (κ1) is 10.9. The number of rotatable bonds is 4. The highest BCUT2D eigenvalue weighted by atomic mass is 16.3. The Kier molecular flexibility index (Phi) is 4.69. The van der Waals surface area contributed by atoms with Crippen LogP contribution in [0.4, 0.5) is 0 Å². The Morgan fingerprint density at radius 1 is 1.00 bits per heavy atom. The topological polar surface area (TPSA) is 40.5 Å². The number of aliphatic hydroxyl groups is 2. The maximum Gasteiger partial charge on any atom is 0.0826 e. The second-order valence-corrected chi connectivity index (χ2v) is 3.61. The predicted octanol–water partition coefficient (Wildman–Crippen LogP) is 1.41. The summed E-state index contributed by atoms with van der Waals surface area (Å²) >= 11 is 0. The van der Waals surface area contributed by atoms with Crippen molar-refractivity contribution in [1.29, 1.82) is 0 Å². The lowest BCUT2D eigenvalue weighted by atomic mass is 9.91. The molecule has 3 atom stereocenters. The molecular formula is C9H20O2. The van der Waals surface area contributed by atoms with Crippen LogP contribution in [0.25, 0.3) is 0 Å². The Morgan fingerprint density at radius 3 is 1.73 bits per heavy atom. The van der Waals surface area contributed by atoms with Gasteiger partial charge < -0.3 is 10.2 Å². The summed E-state index contributed by atoms with van der Waals surface area (Å²) in [5.41, 5.74) is 0. The molecule has 0 amide bonds. The predicted molar refractivity (Wildman–Crippen MR) is 46.3 cm³/mol. The van der Waals surface area contributed by atoms with E-state index in [1.165, 1.54) is 0 Å². The zero-order chi connectivity index (χ0) is 9.02. The quantitative estimate of drug-likeness (QED) is 0.653. The van der Waals surface area contributed by atoms with E-state index in [9.17, 15) is 10.2 Å². The average molecular weight is 160 g/mol. The Bertz CT molecular complexity index is 102. The van der Waals surface area contributed by atoms with E-state index < -0.39 is 12.2 Å². The first-order valence-corrected chi connectivity index (χ1v) is 4.36. The Labute approximate surface area is 69.2 Å². The van der Waals surface area contributed by atoms with Crippen molar-refractivity contribution in [3.05, 3.63) is 0 Å². The smallest absolute Gasteiger partial charge is 0.0826 e. The van der Waals surface area contributed by atoms with Crippen molar-refractivity contribution >= 4 is 0 Å². The summed E-state index contributed by atoms with van der Waals surface area (Å²) < 4.78 is 0. The molecule has 0 bridgehead atoms. The maximum absolute atomic E-state index is 9.51. The van der Waals surface area contributed by atoms with Gasteiger partial charge in [0.05, 0.1) is 12.2 Å².